The maximum Gasteiger partial charge on any atom is 0.274 e. The van der Waals surface area contributed by atoms with Crippen LogP contribution in [0.3, 0.4) is 0 Å². The fourth-order valence-corrected chi connectivity index (χ4v) is 4.77. The zero-order valence-electron chi connectivity index (χ0n) is 16.0. The molecular weight excluding hydrogens is 390 g/mol. The molecule has 1 atom stereocenters. The molecular formula is C20H21N5O3S. The molecule has 1 unspecified atom stereocenters. The lowest BCUT2D eigenvalue weighted by molar-refractivity contribution is 0.0784. The van der Waals surface area contributed by atoms with Crippen LogP contribution in [-0.4, -0.2) is 65.0 Å². The van der Waals surface area contributed by atoms with Gasteiger partial charge in [-0.1, -0.05) is 6.07 Å². The highest BCUT2D eigenvalue weighted by atomic mass is 32.1. The van der Waals surface area contributed by atoms with Gasteiger partial charge in [-0.05, 0) is 18.1 Å². The first-order chi connectivity index (χ1) is 14.2. The lowest BCUT2D eigenvalue weighted by Gasteiger charge is -2.16. The monoisotopic (exact) mass is 411 g/mol. The predicted octanol–water partition coefficient (Wildman–Crippen LogP) is 2.09. The SMILES string of the molecule is COCCNC(=O)c1sc2ncccc2c1C1CCN(C(=O)c2cnccn2)C1. The molecule has 0 radical (unpaired) electrons. The molecule has 150 valence electrons. The molecule has 4 heterocycles. The smallest absolute Gasteiger partial charge is 0.274 e. The number of hydrogen-bond donors (Lipinski definition) is 1. The molecule has 0 bridgehead atoms. The standard InChI is InChI=1S/C20H21N5O3S/c1-28-10-8-23-18(26)17-16(14-3-2-5-24-19(14)29-17)13-4-9-25(12-13)20(27)15-11-21-6-7-22-15/h2-3,5-7,11,13H,4,8-10,12H2,1H3,(H,23,26). The van der Waals surface area contributed by atoms with Crippen LogP contribution in [0.4, 0.5) is 0 Å². The molecule has 0 aromatic carbocycles. The average molecular weight is 411 g/mol. The number of hydrogen-bond acceptors (Lipinski definition) is 7. The molecule has 2 amide bonds. The van der Waals surface area contributed by atoms with Gasteiger partial charge in [-0.3, -0.25) is 14.6 Å². The summed E-state index contributed by atoms with van der Waals surface area (Å²) in [5, 5.41) is 3.88. The van der Waals surface area contributed by atoms with E-state index in [4.69, 9.17) is 4.74 Å². The van der Waals surface area contributed by atoms with Crippen LogP contribution in [0.15, 0.2) is 36.9 Å². The van der Waals surface area contributed by atoms with Gasteiger partial charge in [-0.15, -0.1) is 11.3 Å². The second-order valence-corrected chi connectivity index (χ2v) is 7.78. The number of nitrogens with zero attached hydrogens (tertiary/aromatic N) is 4. The highest BCUT2D eigenvalue weighted by molar-refractivity contribution is 7.20. The molecule has 29 heavy (non-hydrogen) atoms. The third-order valence-electron chi connectivity index (χ3n) is 4.97. The van der Waals surface area contributed by atoms with Gasteiger partial charge < -0.3 is 15.0 Å². The van der Waals surface area contributed by atoms with Crippen molar-refractivity contribution in [3.8, 4) is 0 Å². The minimum Gasteiger partial charge on any atom is -0.383 e. The van der Waals surface area contributed by atoms with Crippen molar-refractivity contribution in [2.24, 2.45) is 0 Å². The molecule has 0 saturated carbocycles. The third kappa shape index (κ3) is 3.96. The first kappa shape index (κ1) is 19.4. The summed E-state index contributed by atoms with van der Waals surface area (Å²) in [7, 11) is 1.60. The zero-order valence-corrected chi connectivity index (χ0v) is 16.8. The highest BCUT2D eigenvalue weighted by Crippen LogP contribution is 2.39. The Morgan fingerprint density at radius 3 is 3.00 bits per heavy atom. The number of amides is 2. The van der Waals surface area contributed by atoms with Gasteiger partial charge in [0.05, 0.1) is 17.7 Å². The highest BCUT2D eigenvalue weighted by Gasteiger charge is 2.33. The van der Waals surface area contributed by atoms with Crippen molar-refractivity contribution < 1.29 is 14.3 Å². The Morgan fingerprint density at radius 2 is 2.21 bits per heavy atom. The van der Waals surface area contributed by atoms with Crippen molar-refractivity contribution in [3.05, 3.63) is 53.1 Å². The number of ether oxygens (including phenoxy) is 1. The Balaban J connectivity index is 1.61. The van der Waals surface area contributed by atoms with E-state index >= 15 is 0 Å². The largest absolute Gasteiger partial charge is 0.383 e. The first-order valence-corrected chi connectivity index (χ1v) is 10.2. The van der Waals surface area contributed by atoms with Gasteiger partial charge in [0, 0.05) is 56.6 Å². The van der Waals surface area contributed by atoms with E-state index in [1.54, 1.807) is 24.4 Å². The molecule has 4 rings (SSSR count). The van der Waals surface area contributed by atoms with E-state index in [1.165, 1.54) is 23.7 Å². The molecule has 0 aliphatic carbocycles. The minimum atomic E-state index is -0.135. The summed E-state index contributed by atoms with van der Waals surface area (Å²) in [5.41, 5.74) is 1.31. The molecule has 9 heteroatoms. The normalized spacial score (nSPS) is 16.3. The van der Waals surface area contributed by atoms with E-state index in [0.717, 1.165) is 22.2 Å². The van der Waals surface area contributed by atoms with E-state index < -0.39 is 0 Å². The summed E-state index contributed by atoms with van der Waals surface area (Å²) < 4.78 is 5.02. The van der Waals surface area contributed by atoms with Gasteiger partial charge in [-0.25, -0.2) is 9.97 Å². The summed E-state index contributed by atoms with van der Waals surface area (Å²) in [6, 6.07) is 3.87. The molecule has 3 aromatic heterocycles. The van der Waals surface area contributed by atoms with Crippen LogP contribution in [-0.2, 0) is 4.74 Å². The van der Waals surface area contributed by atoms with Gasteiger partial charge in [0.1, 0.15) is 10.5 Å². The molecule has 0 spiro atoms. The summed E-state index contributed by atoms with van der Waals surface area (Å²) >= 11 is 1.39. The molecule has 8 nitrogen and oxygen atoms in total. The van der Waals surface area contributed by atoms with Crippen LogP contribution in [0.25, 0.3) is 10.2 Å². The van der Waals surface area contributed by atoms with Gasteiger partial charge in [0.15, 0.2) is 0 Å². The van der Waals surface area contributed by atoms with Gasteiger partial charge in [-0.2, -0.15) is 0 Å². The summed E-state index contributed by atoms with van der Waals surface area (Å²) in [6.07, 6.45) is 7.05. The summed E-state index contributed by atoms with van der Waals surface area (Å²) in [6.45, 7) is 2.04. The van der Waals surface area contributed by atoms with Crippen LogP contribution >= 0.6 is 11.3 Å². The van der Waals surface area contributed by atoms with Crippen LogP contribution < -0.4 is 5.32 Å². The van der Waals surface area contributed by atoms with Crippen molar-refractivity contribution in [1.82, 2.24) is 25.2 Å². The maximum absolute atomic E-state index is 12.8. The Morgan fingerprint density at radius 1 is 1.31 bits per heavy atom. The Bertz CT molecular complexity index is 1020. The number of carbonyl (C=O) groups excluding carboxylic acids is 2. The first-order valence-electron chi connectivity index (χ1n) is 9.39. The van der Waals surface area contributed by atoms with Crippen molar-refractivity contribution >= 4 is 33.4 Å². The fourth-order valence-electron chi connectivity index (χ4n) is 3.62. The average Bonchev–Trinajstić information content (AvgIpc) is 3.38. The Hall–Kier alpha value is -2.91. The van der Waals surface area contributed by atoms with E-state index in [-0.39, 0.29) is 17.7 Å². The number of fused-ring (bicyclic) bond motifs is 1. The Kier molecular flexibility index (Phi) is 5.77. The summed E-state index contributed by atoms with van der Waals surface area (Å²) in [4.78, 5) is 41.4. The number of rotatable bonds is 6. The zero-order chi connectivity index (χ0) is 20.2. The lowest BCUT2D eigenvalue weighted by Crippen LogP contribution is -2.30. The van der Waals surface area contributed by atoms with Gasteiger partial charge in [0.2, 0.25) is 0 Å². The second-order valence-electron chi connectivity index (χ2n) is 6.78. The van der Waals surface area contributed by atoms with Crippen LogP contribution in [0, 0.1) is 0 Å². The predicted molar refractivity (Wildman–Crippen MR) is 109 cm³/mol. The van der Waals surface area contributed by atoms with E-state index in [1.807, 2.05) is 12.1 Å². The number of pyridine rings is 1. The van der Waals surface area contributed by atoms with E-state index in [2.05, 4.69) is 20.3 Å². The quantitative estimate of drug-likeness (QED) is 0.624. The van der Waals surface area contributed by atoms with Crippen LogP contribution in [0.5, 0.6) is 0 Å². The molecule has 1 aliphatic heterocycles. The summed E-state index contributed by atoms with van der Waals surface area (Å²) in [5.74, 6) is -0.195. The number of aromatic nitrogens is 3. The Labute approximate surface area is 171 Å². The molecule has 1 saturated heterocycles. The van der Waals surface area contributed by atoms with Gasteiger partial charge >= 0.3 is 0 Å². The second kappa shape index (κ2) is 8.62. The number of nitrogens with one attached hydrogen (secondary N) is 1. The van der Waals surface area contributed by atoms with Crippen molar-refractivity contribution in [3.63, 3.8) is 0 Å². The van der Waals surface area contributed by atoms with Gasteiger partial charge in [0.25, 0.3) is 11.8 Å². The number of methoxy groups -OCH3 is 1. The van der Waals surface area contributed by atoms with Crippen LogP contribution in [0.2, 0.25) is 0 Å². The van der Waals surface area contributed by atoms with Crippen LogP contribution in [0.1, 0.15) is 38.1 Å². The van der Waals surface area contributed by atoms with E-state index in [9.17, 15) is 9.59 Å². The van der Waals surface area contributed by atoms with Crippen molar-refractivity contribution in [1.29, 1.82) is 0 Å². The maximum atomic E-state index is 12.8. The molecule has 1 N–H and O–H groups in total. The fraction of sp³-hybridized carbons (Fsp3) is 0.350. The van der Waals surface area contributed by atoms with E-state index in [0.29, 0.717) is 36.8 Å². The third-order valence-corrected chi connectivity index (χ3v) is 6.10. The number of carbonyl (C=O) groups is 2. The minimum absolute atomic E-state index is 0.0664. The lowest BCUT2D eigenvalue weighted by atomic mass is 9.95. The topological polar surface area (TPSA) is 97.3 Å². The number of likely N-dealkylation sites (tertiary alicyclic amines) is 1. The molecule has 1 fully saturated rings. The number of thiophene rings is 1. The van der Waals surface area contributed by atoms with Crippen molar-refractivity contribution in [2.45, 2.75) is 12.3 Å². The molecule has 1 aliphatic rings. The van der Waals surface area contributed by atoms with Crippen molar-refractivity contribution in [2.75, 3.05) is 33.4 Å². The molecule has 3 aromatic rings.